The predicted molar refractivity (Wildman–Crippen MR) is 68.0 cm³/mol. The first kappa shape index (κ1) is 13.1. The molecule has 4 heteroatoms. The molecule has 2 rings (SSSR count). The minimum absolute atomic E-state index is 0.0142. The van der Waals surface area contributed by atoms with E-state index in [0.29, 0.717) is 13.1 Å². The summed E-state index contributed by atoms with van der Waals surface area (Å²) in [5.41, 5.74) is 0.873. The fraction of sp³-hybridized carbons (Fsp3) is 0.500. The molecular weight excluding hydrogens is 230 g/mol. The van der Waals surface area contributed by atoms with Crippen molar-refractivity contribution in [3.8, 4) is 0 Å². The lowest BCUT2D eigenvalue weighted by atomic mass is 10.1. The van der Waals surface area contributed by atoms with Gasteiger partial charge in [0, 0.05) is 32.7 Å². The molecule has 1 N–H and O–H groups in total. The maximum Gasteiger partial charge on any atom is 0.256 e. The first-order valence-electron chi connectivity index (χ1n) is 6.23. The van der Waals surface area contributed by atoms with Gasteiger partial charge in [-0.2, -0.15) is 0 Å². The second-order valence-corrected chi connectivity index (χ2v) is 4.65. The van der Waals surface area contributed by atoms with E-state index >= 15 is 0 Å². The van der Waals surface area contributed by atoms with Crippen LogP contribution in [0.4, 0.5) is 0 Å². The van der Waals surface area contributed by atoms with Gasteiger partial charge in [-0.1, -0.05) is 30.3 Å². The number of methoxy groups -OCH3 is 1. The first-order valence-corrected chi connectivity index (χ1v) is 6.23. The molecule has 1 aromatic carbocycles. The Morgan fingerprint density at radius 1 is 1.50 bits per heavy atom. The summed E-state index contributed by atoms with van der Waals surface area (Å²) >= 11 is 0. The fourth-order valence-electron chi connectivity index (χ4n) is 2.35. The summed E-state index contributed by atoms with van der Waals surface area (Å²) in [5, 5.41) is 9.11. The van der Waals surface area contributed by atoms with Crippen molar-refractivity contribution in [2.75, 3.05) is 26.8 Å². The molecule has 98 valence electrons. The number of likely N-dealkylation sites (tertiary alicyclic amines) is 1. The van der Waals surface area contributed by atoms with E-state index in [4.69, 9.17) is 9.84 Å². The van der Waals surface area contributed by atoms with Crippen LogP contribution in [0, 0.1) is 5.92 Å². The number of rotatable bonds is 4. The maximum absolute atomic E-state index is 12.4. The number of ether oxygens (including phenoxy) is 1. The molecule has 1 heterocycles. The summed E-state index contributed by atoms with van der Waals surface area (Å²) in [6.07, 6.45) is 0.330. The van der Waals surface area contributed by atoms with Gasteiger partial charge in [0.1, 0.15) is 0 Å². The Labute approximate surface area is 107 Å². The molecule has 0 radical (unpaired) electrons. The number of amides is 1. The van der Waals surface area contributed by atoms with Crippen molar-refractivity contribution < 1.29 is 14.6 Å². The van der Waals surface area contributed by atoms with Gasteiger partial charge in [0.05, 0.1) is 0 Å². The van der Waals surface area contributed by atoms with E-state index in [9.17, 15) is 4.79 Å². The van der Waals surface area contributed by atoms with Crippen molar-refractivity contribution in [3.05, 3.63) is 35.9 Å². The van der Waals surface area contributed by atoms with Crippen molar-refractivity contribution in [3.63, 3.8) is 0 Å². The fourth-order valence-corrected chi connectivity index (χ4v) is 2.35. The van der Waals surface area contributed by atoms with Crippen LogP contribution in [-0.4, -0.2) is 42.7 Å². The Bertz CT molecular complexity index is 393. The number of aliphatic hydroxyl groups is 1. The van der Waals surface area contributed by atoms with Gasteiger partial charge in [-0.3, -0.25) is 4.79 Å². The lowest BCUT2D eigenvalue weighted by Crippen LogP contribution is -2.34. The van der Waals surface area contributed by atoms with Crippen LogP contribution in [0.25, 0.3) is 0 Å². The van der Waals surface area contributed by atoms with Gasteiger partial charge in [-0.15, -0.1) is 0 Å². The normalized spacial score (nSPS) is 21.0. The summed E-state index contributed by atoms with van der Waals surface area (Å²) in [7, 11) is 1.55. The zero-order valence-electron chi connectivity index (χ0n) is 10.6. The number of aliphatic hydroxyl groups excluding tert-OH is 1. The minimum Gasteiger partial charge on any atom is -0.396 e. The van der Waals surface area contributed by atoms with Crippen LogP contribution in [0.1, 0.15) is 18.1 Å². The van der Waals surface area contributed by atoms with Gasteiger partial charge >= 0.3 is 0 Å². The lowest BCUT2D eigenvalue weighted by molar-refractivity contribution is -0.141. The summed E-state index contributed by atoms with van der Waals surface area (Å²) in [4.78, 5) is 14.1. The standard InChI is InChI=1S/C14H19NO3/c1-18-13(12-5-3-2-4-6-12)14(17)15-8-7-11(9-15)10-16/h2-6,11,13,16H,7-10H2,1H3. The quantitative estimate of drug-likeness (QED) is 0.872. The van der Waals surface area contributed by atoms with E-state index in [0.717, 1.165) is 12.0 Å². The van der Waals surface area contributed by atoms with E-state index in [2.05, 4.69) is 0 Å². The second-order valence-electron chi connectivity index (χ2n) is 4.65. The molecule has 1 saturated heterocycles. The zero-order valence-corrected chi connectivity index (χ0v) is 10.6. The maximum atomic E-state index is 12.4. The van der Waals surface area contributed by atoms with E-state index in [1.165, 1.54) is 0 Å². The van der Waals surface area contributed by atoms with Crippen LogP contribution in [0.5, 0.6) is 0 Å². The molecule has 1 aliphatic rings. The molecule has 18 heavy (non-hydrogen) atoms. The van der Waals surface area contributed by atoms with Crippen LogP contribution < -0.4 is 0 Å². The Morgan fingerprint density at radius 3 is 2.78 bits per heavy atom. The number of carbonyl (C=O) groups is 1. The van der Waals surface area contributed by atoms with Crippen molar-refractivity contribution in [2.24, 2.45) is 5.92 Å². The van der Waals surface area contributed by atoms with Crippen LogP contribution in [0.2, 0.25) is 0 Å². The third-order valence-corrected chi connectivity index (χ3v) is 3.42. The minimum atomic E-state index is -0.538. The molecule has 0 saturated carbocycles. The topological polar surface area (TPSA) is 49.8 Å². The molecule has 2 unspecified atom stereocenters. The summed E-state index contributed by atoms with van der Waals surface area (Å²) < 4.78 is 5.33. The highest BCUT2D eigenvalue weighted by molar-refractivity contribution is 5.82. The predicted octanol–water partition coefficient (Wildman–Crippen LogP) is 1.21. The van der Waals surface area contributed by atoms with Crippen LogP contribution in [0.3, 0.4) is 0 Å². The third kappa shape index (κ3) is 2.71. The average molecular weight is 249 g/mol. The second kappa shape index (κ2) is 5.98. The highest BCUT2D eigenvalue weighted by Crippen LogP contribution is 2.23. The highest BCUT2D eigenvalue weighted by atomic mass is 16.5. The van der Waals surface area contributed by atoms with Gasteiger partial charge in [-0.05, 0) is 12.0 Å². The molecule has 0 aromatic heterocycles. The summed E-state index contributed by atoms with van der Waals surface area (Å²) in [6, 6.07) is 9.50. The zero-order chi connectivity index (χ0) is 13.0. The third-order valence-electron chi connectivity index (χ3n) is 3.42. The van der Waals surface area contributed by atoms with Crippen molar-refractivity contribution in [1.82, 2.24) is 4.90 Å². The number of hydrogen-bond acceptors (Lipinski definition) is 3. The van der Waals surface area contributed by atoms with Crippen LogP contribution in [0.15, 0.2) is 30.3 Å². The molecule has 0 spiro atoms. The van der Waals surface area contributed by atoms with Crippen molar-refractivity contribution >= 4 is 5.91 Å². The van der Waals surface area contributed by atoms with Crippen molar-refractivity contribution in [1.29, 1.82) is 0 Å². The van der Waals surface area contributed by atoms with Gasteiger partial charge < -0.3 is 14.7 Å². The van der Waals surface area contributed by atoms with Gasteiger partial charge in [0.2, 0.25) is 0 Å². The molecule has 1 amide bonds. The monoisotopic (exact) mass is 249 g/mol. The SMILES string of the molecule is COC(C(=O)N1CCC(CO)C1)c1ccccc1. The molecular formula is C14H19NO3. The Kier molecular flexibility index (Phi) is 4.33. The smallest absolute Gasteiger partial charge is 0.256 e. The summed E-state index contributed by atoms with van der Waals surface area (Å²) in [5.74, 6) is 0.196. The largest absolute Gasteiger partial charge is 0.396 e. The molecule has 4 nitrogen and oxygen atoms in total. The number of carbonyl (C=O) groups excluding carboxylic acids is 1. The Morgan fingerprint density at radius 2 is 2.22 bits per heavy atom. The molecule has 1 fully saturated rings. The molecule has 0 bridgehead atoms. The number of nitrogens with zero attached hydrogens (tertiary/aromatic N) is 1. The van der Waals surface area contributed by atoms with Crippen LogP contribution in [-0.2, 0) is 9.53 Å². The molecule has 2 atom stereocenters. The van der Waals surface area contributed by atoms with E-state index in [-0.39, 0.29) is 18.4 Å². The van der Waals surface area contributed by atoms with Gasteiger partial charge in [-0.25, -0.2) is 0 Å². The average Bonchev–Trinajstić information content (AvgIpc) is 2.89. The summed E-state index contributed by atoms with van der Waals surface area (Å²) in [6.45, 7) is 1.48. The Hall–Kier alpha value is -1.39. The van der Waals surface area contributed by atoms with Gasteiger partial charge in [0.25, 0.3) is 5.91 Å². The molecule has 0 aliphatic carbocycles. The van der Waals surface area contributed by atoms with Crippen molar-refractivity contribution in [2.45, 2.75) is 12.5 Å². The van der Waals surface area contributed by atoms with E-state index < -0.39 is 6.10 Å². The molecule has 1 aliphatic heterocycles. The van der Waals surface area contributed by atoms with Gasteiger partial charge in [0.15, 0.2) is 6.10 Å². The highest BCUT2D eigenvalue weighted by Gasteiger charge is 2.31. The van der Waals surface area contributed by atoms with E-state index in [1.807, 2.05) is 30.3 Å². The Balaban J connectivity index is 2.07. The number of hydrogen-bond donors (Lipinski definition) is 1. The van der Waals surface area contributed by atoms with Crippen LogP contribution >= 0.6 is 0 Å². The molecule has 1 aromatic rings. The number of benzene rings is 1. The lowest BCUT2D eigenvalue weighted by Gasteiger charge is -2.22. The first-order chi connectivity index (χ1) is 8.76. The van der Waals surface area contributed by atoms with E-state index in [1.54, 1.807) is 12.0 Å².